The monoisotopic (exact) mass is 277 g/mol. The van der Waals surface area contributed by atoms with E-state index in [1.807, 2.05) is 30.5 Å². The van der Waals surface area contributed by atoms with Crippen molar-refractivity contribution in [3.63, 3.8) is 0 Å². The second-order valence-corrected chi connectivity index (χ2v) is 4.82. The molecule has 100 valence electrons. The van der Waals surface area contributed by atoms with Crippen LogP contribution < -0.4 is 4.74 Å². The maximum atomic E-state index is 11.6. The molecule has 0 amide bonds. The van der Waals surface area contributed by atoms with Crippen LogP contribution >= 0.6 is 11.3 Å². The van der Waals surface area contributed by atoms with Gasteiger partial charge in [0.15, 0.2) is 0 Å². The maximum Gasteiger partial charge on any atom is 0.367 e. The third kappa shape index (κ3) is 2.93. The normalized spacial score (nSPS) is 10.3. The molecule has 0 bridgehead atoms. The predicted molar refractivity (Wildman–Crippen MR) is 74.8 cm³/mol. The number of benzene rings is 1. The molecule has 2 rings (SSSR count). The second kappa shape index (κ2) is 5.84. The molecule has 19 heavy (non-hydrogen) atoms. The number of hydrogen-bond donors (Lipinski definition) is 0. The highest BCUT2D eigenvalue weighted by atomic mass is 32.1. The van der Waals surface area contributed by atoms with Crippen molar-refractivity contribution in [2.45, 2.75) is 13.8 Å². The van der Waals surface area contributed by atoms with E-state index in [4.69, 9.17) is 9.47 Å². The molecule has 4 nitrogen and oxygen atoms in total. The standard InChI is InChI=1S/C14H15NO3S/c1-4-18-14(16)13-15-11(8-19-13)10-6-5-9(2)7-12(10)17-3/h5-8H,4H2,1-3H3. The van der Waals surface area contributed by atoms with Gasteiger partial charge in [0.2, 0.25) is 5.01 Å². The third-order valence-electron chi connectivity index (χ3n) is 2.59. The summed E-state index contributed by atoms with van der Waals surface area (Å²) in [6.07, 6.45) is 0. The van der Waals surface area contributed by atoms with E-state index < -0.39 is 0 Å². The van der Waals surface area contributed by atoms with Crippen molar-refractivity contribution in [2.24, 2.45) is 0 Å². The van der Waals surface area contributed by atoms with Gasteiger partial charge in [-0.2, -0.15) is 0 Å². The number of carbonyl (C=O) groups excluding carboxylic acids is 1. The van der Waals surface area contributed by atoms with Gasteiger partial charge in [0.1, 0.15) is 5.75 Å². The van der Waals surface area contributed by atoms with Gasteiger partial charge in [-0.3, -0.25) is 0 Å². The molecule has 1 aromatic carbocycles. The average molecular weight is 277 g/mol. The molecule has 1 heterocycles. The highest BCUT2D eigenvalue weighted by Gasteiger charge is 2.15. The summed E-state index contributed by atoms with van der Waals surface area (Å²) in [6.45, 7) is 4.12. The SMILES string of the molecule is CCOC(=O)c1nc(-c2ccc(C)cc2OC)cs1. The highest BCUT2D eigenvalue weighted by Crippen LogP contribution is 2.31. The first-order valence-corrected chi connectivity index (χ1v) is 6.81. The molecular formula is C14H15NO3S. The van der Waals surface area contributed by atoms with Gasteiger partial charge in [-0.25, -0.2) is 9.78 Å². The molecule has 0 radical (unpaired) electrons. The van der Waals surface area contributed by atoms with Gasteiger partial charge in [-0.1, -0.05) is 6.07 Å². The molecule has 0 aliphatic carbocycles. The van der Waals surface area contributed by atoms with Crippen molar-refractivity contribution in [3.8, 4) is 17.0 Å². The van der Waals surface area contributed by atoms with E-state index in [9.17, 15) is 4.79 Å². The Hall–Kier alpha value is -1.88. The summed E-state index contributed by atoms with van der Waals surface area (Å²) in [5.74, 6) is 0.366. The van der Waals surface area contributed by atoms with Gasteiger partial charge < -0.3 is 9.47 Å². The van der Waals surface area contributed by atoms with Crippen molar-refractivity contribution in [3.05, 3.63) is 34.2 Å². The van der Waals surface area contributed by atoms with Crippen molar-refractivity contribution in [2.75, 3.05) is 13.7 Å². The van der Waals surface area contributed by atoms with E-state index in [0.717, 1.165) is 22.6 Å². The van der Waals surface area contributed by atoms with Crippen molar-refractivity contribution in [1.29, 1.82) is 0 Å². The molecular weight excluding hydrogens is 262 g/mol. The molecule has 1 aromatic heterocycles. The van der Waals surface area contributed by atoms with Crippen LogP contribution in [0.1, 0.15) is 22.3 Å². The lowest BCUT2D eigenvalue weighted by atomic mass is 10.1. The number of esters is 1. The molecule has 5 heteroatoms. The van der Waals surface area contributed by atoms with E-state index in [1.165, 1.54) is 11.3 Å². The van der Waals surface area contributed by atoms with E-state index in [-0.39, 0.29) is 5.97 Å². The number of nitrogens with zero attached hydrogens (tertiary/aromatic N) is 1. The lowest BCUT2D eigenvalue weighted by molar-refractivity contribution is 0.0526. The molecule has 0 atom stereocenters. The van der Waals surface area contributed by atoms with Crippen molar-refractivity contribution < 1.29 is 14.3 Å². The molecule has 0 spiro atoms. The highest BCUT2D eigenvalue weighted by molar-refractivity contribution is 7.11. The fourth-order valence-electron chi connectivity index (χ4n) is 1.69. The Bertz CT molecular complexity index is 592. The first-order chi connectivity index (χ1) is 9.15. The van der Waals surface area contributed by atoms with Crippen LogP contribution in [0.25, 0.3) is 11.3 Å². The molecule has 0 aliphatic heterocycles. The number of rotatable bonds is 4. The molecule has 0 saturated carbocycles. The summed E-state index contributed by atoms with van der Waals surface area (Å²) >= 11 is 1.27. The summed E-state index contributed by atoms with van der Waals surface area (Å²) < 4.78 is 10.3. The summed E-state index contributed by atoms with van der Waals surface area (Å²) in [7, 11) is 1.62. The lowest BCUT2D eigenvalue weighted by Crippen LogP contribution is -2.03. The zero-order valence-corrected chi connectivity index (χ0v) is 11.9. The first kappa shape index (κ1) is 13.5. The minimum atomic E-state index is -0.384. The van der Waals surface area contributed by atoms with Crippen LogP contribution in [-0.4, -0.2) is 24.7 Å². The fraction of sp³-hybridized carbons (Fsp3) is 0.286. The molecule has 2 aromatic rings. The number of thiazole rings is 1. The number of aryl methyl sites for hydroxylation is 1. The molecule has 0 N–H and O–H groups in total. The quantitative estimate of drug-likeness (QED) is 0.804. The zero-order chi connectivity index (χ0) is 13.8. The van der Waals surface area contributed by atoms with Crippen LogP contribution in [0.2, 0.25) is 0 Å². The maximum absolute atomic E-state index is 11.6. The molecule has 0 saturated heterocycles. The Morgan fingerprint density at radius 1 is 1.42 bits per heavy atom. The number of aromatic nitrogens is 1. The van der Waals surface area contributed by atoms with Crippen LogP contribution in [0.4, 0.5) is 0 Å². The van der Waals surface area contributed by atoms with Gasteiger partial charge >= 0.3 is 5.97 Å². The van der Waals surface area contributed by atoms with E-state index in [2.05, 4.69) is 4.98 Å². The number of hydrogen-bond acceptors (Lipinski definition) is 5. The molecule has 0 aliphatic rings. The number of methoxy groups -OCH3 is 1. The van der Waals surface area contributed by atoms with Crippen molar-refractivity contribution in [1.82, 2.24) is 4.98 Å². The zero-order valence-electron chi connectivity index (χ0n) is 11.1. The smallest absolute Gasteiger partial charge is 0.367 e. The van der Waals surface area contributed by atoms with Crippen LogP contribution in [0.3, 0.4) is 0 Å². The minimum Gasteiger partial charge on any atom is -0.496 e. The topological polar surface area (TPSA) is 48.4 Å². The first-order valence-electron chi connectivity index (χ1n) is 5.93. The molecule has 0 unspecified atom stereocenters. The van der Waals surface area contributed by atoms with Crippen LogP contribution in [0.5, 0.6) is 5.75 Å². The fourth-order valence-corrected chi connectivity index (χ4v) is 2.40. The number of carbonyl (C=O) groups is 1. The van der Waals surface area contributed by atoms with E-state index in [0.29, 0.717) is 11.6 Å². The summed E-state index contributed by atoms with van der Waals surface area (Å²) in [5.41, 5.74) is 2.71. The molecule has 0 fully saturated rings. The van der Waals surface area contributed by atoms with Crippen LogP contribution in [0.15, 0.2) is 23.6 Å². The van der Waals surface area contributed by atoms with Crippen LogP contribution in [-0.2, 0) is 4.74 Å². The third-order valence-corrected chi connectivity index (χ3v) is 3.41. The summed E-state index contributed by atoms with van der Waals surface area (Å²) in [4.78, 5) is 15.9. The predicted octanol–water partition coefficient (Wildman–Crippen LogP) is 3.30. The lowest BCUT2D eigenvalue weighted by Gasteiger charge is -2.06. The van der Waals surface area contributed by atoms with Gasteiger partial charge in [-0.15, -0.1) is 11.3 Å². The number of ether oxygens (including phenoxy) is 2. The Balaban J connectivity index is 2.35. The van der Waals surface area contributed by atoms with Gasteiger partial charge in [0.25, 0.3) is 0 Å². The Morgan fingerprint density at radius 3 is 2.89 bits per heavy atom. The Kier molecular flexibility index (Phi) is 4.16. The van der Waals surface area contributed by atoms with Gasteiger partial charge in [-0.05, 0) is 31.5 Å². The largest absolute Gasteiger partial charge is 0.496 e. The van der Waals surface area contributed by atoms with E-state index in [1.54, 1.807) is 14.0 Å². The summed E-state index contributed by atoms with van der Waals surface area (Å²) in [6, 6.07) is 5.87. The van der Waals surface area contributed by atoms with E-state index >= 15 is 0 Å². The van der Waals surface area contributed by atoms with Gasteiger partial charge in [0, 0.05) is 10.9 Å². The summed E-state index contributed by atoms with van der Waals surface area (Å²) in [5, 5.41) is 2.19. The van der Waals surface area contributed by atoms with Crippen molar-refractivity contribution >= 4 is 17.3 Å². The van der Waals surface area contributed by atoms with Gasteiger partial charge in [0.05, 0.1) is 19.4 Å². The average Bonchev–Trinajstić information content (AvgIpc) is 2.88. The second-order valence-electron chi connectivity index (χ2n) is 3.96. The minimum absolute atomic E-state index is 0.349. The Morgan fingerprint density at radius 2 is 2.21 bits per heavy atom. The Labute approximate surface area is 116 Å². The van der Waals surface area contributed by atoms with Crippen LogP contribution in [0, 0.1) is 6.92 Å².